The van der Waals surface area contributed by atoms with Crippen LogP contribution in [0.3, 0.4) is 0 Å². The number of rotatable bonds is 5. The largest absolute Gasteiger partial charge is 0.481 e. The van der Waals surface area contributed by atoms with E-state index in [-0.39, 0.29) is 24.4 Å². The van der Waals surface area contributed by atoms with Crippen molar-refractivity contribution in [3.8, 4) is 0 Å². The van der Waals surface area contributed by atoms with Gasteiger partial charge in [-0.3, -0.25) is 9.59 Å². The predicted octanol–water partition coefficient (Wildman–Crippen LogP) is 3.03. The number of hydrogen-bond donors (Lipinski definition) is 2. The van der Waals surface area contributed by atoms with Crippen LogP contribution < -0.4 is 5.32 Å². The minimum absolute atomic E-state index is 0.0399. The molecule has 98 valence electrons. The highest BCUT2D eigenvalue weighted by atomic mass is 79.9. The van der Waals surface area contributed by atoms with Crippen LogP contribution >= 0.6 is 15.9 Å². The van der Waals surface area contributed by atoms with Crippen molar-refractivity contribution in [3.05, 3.63) is 28.5 Å². The zero-order valence-electron chi connectivity index (χ0n) is 9.74. The first-order valence-corrected chi connectivity index (χ1v) is 6.14. The molecule has 0 saturated heterocycles. The van der Waals surface area contributed by atoms with Crippen LogP contribution in [0.4, 0.5) is 10.1 Å². The van der Waals surface area contributed by atoms with Crippen LogP contribution in [0.5, 0.6) is 0 Å². The number of carboxylic acids is 1. The maximum Gasteiger partial charge on any atom is 0.303 e. The molecular formula is C12H13BrFNO3. The minimum Gasteiger partial charge on any atom is -0.481 e. The Morgan fingerprint density at radius 3 is 2.72 bits per heavy atom. The van der Waals surface area contributed by atoms with E-state index in [9.17, 15) is 14.0 Å². The van der Waals surface area contributed by atoms with Crippen LogP contribution in [-0.2, 0) is 9.59 Å². The normalized spacial score (nSPS) is 11.9. The fourth-order valence-corrected chi connectivity index (χ4v) is 1.84. The third-order valence-electron chi connectivity index (χ3n) is 2.26. The van der Waals surface area contributed by atoms with Crippen molar-refractivity contribution in [2.45, 2.75) is 19.8 Å². The van der Waals surface area contributed by atoms with E-state index in [2.05, 4.69) is 21.2 Å². The van der Waals surface area contributed by atoms with Gasteiger partial charge in [0.05, 0.1) is 5.69 Å². The maximum absolute atomic E-state index is 13.3. The molecule has 0 aliphatic heterocycles. The number of carboxylic acid groups (broad SMARTS) is 1. The van der Waals surface area contributed by atoms with Crippen molar-refractivity contribution in [3.63, 3.8) is 0 Å². The Bertz CT molecular complexity index is 465. The smallest absolute Gasteiger partial charge is 0.303 e. The topological polar surface area (TPSA) is 66.4 Å². The van der Waals surface area contributed by atoms with Gasteiger partial charge in [0.2, 0.25) is 5.91 Å². The number of hydrogen-bond acceptors (Lipinski definition) is 2. The molecule has 1 unspecified atom stereocenters. The van der Waals surface area contributed by atoms with Crippen molar-refractivity contribution in [2.24, 2.45) is 5.92 Å². The van der Waals surface area contributed by atoms with Gasteiger partial charge in [-0.25, -0.2) is 4.39 Å². The lowest BCUT2D eigenvalue weighted by Gasteiger charge is -2.10. The average molecular weight is 318 g/mol. The molecule has 1 atom stereocenters. The Morgan fingerprint density at radius 2 is 2.11 bits per heavy atom. The molecular weight excluding hydrogens is 305 g/mol. The molecule has 1 rings (SSSR count). The Labute approximate surface area is 112 Å². The molecule has 0 heterocycles. The zero-order valence-corrected chi connectivity index (χ0v) is 11.3. The third-order valence-corrected chi connectivity index (χ3v) is 2.75. The fraction of sp³-hybridized carbons (Fsp3) is 0.333. The third kappa shape index (κ3) is 4.83. The van der Waals surface area contributed by atoms with Crippen LogP contribution in [0.25, 0.3) is 0 Å². The molecule has 0 aliphatic carbocycles. The molecule has 0 aliphatic rings. The van der Waals surface area contributed by atoms with Crippen LogP contribution in [0.2, 0.25) is 0 Å². The molecule has 2 N–H and O–H groups in total. The summed E-state index contributed by atoms with van der Waals surface area (Å²) in [6.45, 7) is 1.66. The van der Waals surface area contributed by atoms with Gasteiger partial charge < -0.3 is 10.4 Å². The maximum atomic E-state index is 13.3. The van der Waals surface area contributed by atoms with E-state index in [0.29, 0.717) is 4.47 Å². The van der Waals surface area contributed by atoms with Gasteiger partial charge >= 0.3 is 5.97 Å². The van der Waals surface area contributed by atoms with Gasteiger partial charge in [-0.15, -0.1) is 0 Å². The molecule has 1 amide bonds. The zero-order chi connectivity index (χ0) is 13.7. The molecule has 1 aromatic rings. The van der Waals surface area contributed by atoms with Crippen LogP contribution in [0.15, 0.2) is 22.7 Å². The molecule has 0 bridgehead atoms. The standard InChI is InChI=1S/C12H13BrFNO3/c1-7(5-12(17)18)4-11(16)15-10-6-8(13)2-3-9(10)14/h2-3,6-7H,4-5H2,1H3,(H,15,16)(H,17,18). The summed E-state index contributed by atoms with van der Waals surface area (Å²) < 4.78 is 14.0. The van der Waals surface area contributed by atoms with E-state index < -0.39 is 17.7 Å². The fourth-order valence-electron chi connectivity index (χ4n) is 1.48. The highest BCUT2D eigenvalue weighted by Crippen LogP contribution is 2.20. The summed E-state index contributed by atoms with van der Waals surface area (Å²) in [4.78, 5) is 22.0. The van der Waals surface area contributed by atoms with E-state index in [0.717, 1.165) is 0 Å². The quantitative estimate of drug-likeness (QED) is 0.877. The number of nitrogens with one attached hydrogen (secondary N) is 1. The molecule has 0 saturated carbocycles. The lowest BCUT2D eigenvalue weighted by atomic mass is 10.0. The van der Waals surface area contributed by atoms with Gasteiger partial charge in [0, 0.05) is 17.3 Å². The first-order chi connectivity index (χ1) is 8.38. The first-order valence-electron chi connectivity index (χ1n) is 5.35. The minimum atomic E-state index is -0.955. The van der Waals surface area contributed by atoms with Gasteiger partial charge in [-0.2, -0.15) is 0 Å². The molecule has 0 aromatic heterocycles. The van der Waals surface area contributed by atoms with Gasteiger partial charge in [0.1, 0.15) is 5.82 Å². The lowest BCUT2D eigenvalue weighted by molar-refractivity contribution is -0.138. The Balaban J connectivity index is 2.59. The predicted molar refractivity (Wildman–Crippen MR) is 68.8 cm³/mol. The average Bonchev–Trinajstić information content (AvgIpc) is 2.21. The Hall–Kier alpha value is -1.43. The van der Waals surface area contributed by atoms with E-state index in [1.807, 2.05) is 0 Å². The second-order valence-corrected chi connectivity index (χ2v) is 5.00. The molecule has 4 nitrogen and oxygen atoms in total. The second-order valence-electron chi connectivity index (χ2n) is 4.08. The molecule has 18 heavy (non-hydrogen) atoms. The van der Waals surface area contributed by atoms with E-state index in [1.165, 1.54) is 18.2 Å². The number of halogens is 2. The van der Waals surface area contributed by atoms with Gasteiger partial charge in [0.25, 0.3) is 0 Å². The molecule has 1 aromatic carbocycles. The van der Waals surface area contributed by atoms with Crippen molar-refractivity contribution >= 4 is 33.5 Å². The summed E-state index contributed by atoms with van der Waals surface area (Å²) in [6.07, 6.45) is -0.0490. The van der Waals surface area contributed by atoms with Crippen LogP contribution in [-0.4, -0.2) is 17.0 Å². The second kappa shape index (κ2) is 6.49. The van der Waals surface area contributed by atoms with Gasteiger partial charge in [0.15, 0.2) is 0 Å². The Kier molecular flexibility index (Phi) is 5.27. The number of aliphatic carboxylic acids is 1. The van der Waals surface area contributed by atoms with Crippen molar-refractivity contribution in [2.75, 3.05) is 5.32 Å². The number of benzene rings is 1. The van der Waals surface area contributed by atoms with Crippen molar-refractivity contribution in [1.29, 1.82) is 0 Å². The molecule has 0 radical (unpaired) electrons. The number of carbonyl (C=O) groups is 2. The monoisotopic (exact) mass is 317 g/mol. The number of amides is 1. The van der Waals surface area contributed by atoms with Crippen molar-refractivity contribution in [1.82, 2.24) is 0 Å². The van der Waals surface area contributed by atoms with E-state index in [1.54, 1.807) is 6.92 Å². The number of anilines is 1. The summed E-state index contributed by atoms with van der Waals surface area (Å²) in [5, 5.41) is 11.0. The van der Waals surface area contributed by atoms with Crippen molar-refractivity contribution < 1.29 is 19.1 Å². The summed E-state index contributed by atoms with van der Waals surface area (Å²) >= 11 is 3.17. The van der Waals surface area contributed by atoms with E-state index >= 15 is 0 Å². The summed E-state index contributed by atoms with van der Waals surface area (Å²) in [5.74, 6) is -2.18. The molecule has 6 heteroatoms. The van der Waals surface area contributed by atoms with Gasteiger partial charge in [-0.05, 0) is 24.1 Å². The lowest BCUT2D eigenvalue weighted by Crippen LogP contribution is -2.17. The first kappa shape index (κ1) is 14.6. The highest BCUT2D eigenvalue weighted by Gasteiger charge is 2.14. The summed E-state index contributed by atoms with van der Waals surface area (Å²) in [5.41, 5.74) is 0.0805. The molecule has 0 fully saturated rings. The SMILES string of the molecule is CC(CC(=O)O)CC(=O)Nc1cc(Br)ccc1F. The molecule has 0 spiro atoms. The highest BCUT2D eigenvalue weighted by molar-refractivity contribution is 9.10. The van der Waals surface area contributed by atoms with Crippen LogP contribution in [0, 0.1) is 11.7 Å². The summed E-state index contributed by atoms with van der Waals surface area (Å²) in [6, 6.07) is 4.22. The number of carbonyl (C=O) groups excluding carboxylic acids is 1. The van der Waals surface area contributed by atoms with Gasteiger partial charge in [-0.1, -0.05) is 22.9 Å². The summed E-state index contributed by atoms with van der Waals surface area (Å²) in [7, 11) is 0. The van der Waals surface area contributed by atoms with E-state index in [4.69, 9.17) is 5.11 Å². The van der Waals surface area contributed by atoms with Crippen LogP contribution in [0.1, 0.15) is 19.8 Å². The Morgan fingerprint density at radius 1 is 1.44 bits per heavy atom.